The van der Waals surface area contributed by atoms with Crippen molar-refractivity contribution >= 4 is 11.9 Å². The number of benzene rings is 1. The van der Waals surface area contributed by atoms with Crippen molar-refractivity contribution in [3.63, 3.8) is 0 Å². The molecule has 0 atom stereocenters. The van der Waals surface area contributed by atoms with Gasteiger partial charge in [-0.3, -0.25) is 9.59 Å². The monoisotopic (exact) mass is 335 g/mol. The van der Waals surface area contributed by atoms with E-state index in [1.165, 1.54) is 0 Å². The molecule has 0 unspecified atom stereocenters. The average molecular weight is 335 g/mol. The molecule has 0 saturated carbocycles. The molecule has 0 aromatic heterocycles. The number of hydrogen-bond donors (Lipinski definition) is 2. The Morgan fingerprint density at radius 2 is 1.88 bits per heavy atom. The fourth-order valence-corrected chi connectivity index (χ4v) is 2.36. The molecule has 1 amide bonds. The second-order valence-corrected chi connectivity index (χ2v) is 7.09. The van der Waals surface area contributed by atoms with Crippen molar-refractivity contribution < 1.29 is 19.4 Å². The van der Waals surface area contributed by atoms with Gasteiger partial charge in [0.05, 0.1) is 0 Å². The van der Waals surface area contributed by atoms with E-state index in [0.29, 0.717) is 13.0 Å². The Labute approximate surface area is 144 Å². The van der Waals surface area contributed by atoms with Crippen LogP contribution in [0, 0.1) is 6.92 Å². The Balaban J connectivity index is 2.38. The van der Waals surface area contributed by atoms with Crippen LogP contribution in [-0.2, 0) is 15.0 Å². The normalized spacial score (nSPS) is 11.2. The second kappa shape index (κ2) is 9.30. The molecular weight excluding hydrogens is 306 g/mol. The van der Waals surface area contributed by atoms with Crippen LogP contribution in [-0.4, -0.2) is 30.1 Å². The Kier molecular flexibility index (Phi) is 7.75. The van der Waals surface area contributed by atoms with Crippen LogP contribution in [0.1, 0.15) is 57.6 Å². The zero-order valence-electron chi connectivity index (χ0n) is 15.1. The molecule has 134 valence electrons. The highest BCUT2D eigenvalue weighted by atomic mass is 16.5. The molecule has 0 aliphatic rings. The van der Waals surface area contributed by atoms with E-state index >= 15 is 0 Å². The zero-order valence-corrected chi connectivity index (χ0v) is 15.1. The lowest BCUT2D eigenvalue weighted by Gasteiger charge is -2.23. The van der Waals surface area contributed by atoms with Gasteiger partial charge in [0, 0.05) is 13.0 Å². The summed E-state index contributed by atoms with van der Waals surface area (Å²) in [7, 11) is 0. The van der Waals surface area contributed by atoms with Crippen molar-refractivity contribution in [3.8, 4) is 5.75 Å². The van der Waals surface area contributed by atoms with Gasteiger partial charge in [-0.2, -0.15) is 0 Å². The predicted octanol–water partition coefficient (Wildman–Crippen LogP) is 3.43. The highest BCUT2D eigenvalue weighted by Crippen LogP contribution is 2.32. The Bertz CT molecular complexity index is 561. The molecule has 5 nitrogen and oxygen atoms in total. The number of aryl methyl sites for hydroxylation is 1. The van der Waals surface area contributed by atoms with Crippen molar-refractivity contribution in [1.82, 2.24) is 5.32 Å². The third-order valence-corrected chi connectivity index (χ3v) is 3.69. The van der Waals surface area contributed by atoms with Crippen molar-refractivity contribution in [2.45, 2.75) is 58.8 Å². The maximum absolute atomic E-state index is 11.9. The van der Waals surface area contributed by atoms with Crippen molar-refractivity contribution in [3.05, 3.63) is 29.3 Å². The minimum Gasteiger partial charge on any atom is -0.483 e. The fourth-order valence-electron chi connectivity index (χ4n) is 2.36. The van der Waals surface area contributed by atoms with Gasteiger partial charge >= 0.3 is 5.97 Å². The van der Waals surface area contributed by atoms with Crippen molar-refractivity contribution in [2.75, 3.05) is 13.2 Å². The number of carboxylic acids is 1. The first kappa shape index (κ1) is 20.0. The molecule has 24 heavy (non-hydrogen) atoms. The molecule has 1 rings (SSSR count). The minimum absolute atomic E-state index is 0.0126. The predicted molar refractivity (Wildman–Crippen MR) is 94.5 cm³/mol. The topological polar surface area (TPSA) is 75.6 Å². The summed E-state index contributed by atoms with van der Waals surface area (Å²) in [6.45, 7) is 8.92. The summed E-state index contributed by atoms with van der Waals surface area (Å²) in [5.74, 6) is -0.196. The average Bonchev–Trinajstić information content (AvgIpc) is 2.48. The van der Waals surface area contributed by atoms with E-state index in [1.807, 2.05) is 19.1 Å². The number of carbonyl (C=O) groups is 2. The molecular formula is C19H29NO4. The molecule has 1 aromatic carbocycles. The molecule has 1 aromatic rings. The van der Waals surface area contributed by atoms with E-state index in [1.54, 1.807) is 0 Å². The zero-order chi connectivity index (χ0) is 18.2. The van der Waals surface area contributed by atoms with Crippen molar-refractivity contribution in [1.29, 1.82) is 0 Å². The molecule has 0 aliphatic heterocycles. The van der Waals surface area contributed by atoms with Crippen LogP contribution in [0.2, 0.25) is 0 Å². The fraction of sp³-hybridized carbons (Fsp3) is 0.579. The Morgan fingerprint density at radius 1 is 1.17 bits per heavy atom. The van der Waals surface area contributed by atoms with Crippen LogP contribution in [0.4, 0.5) is 0 Å². The number of rotatable bonds is 9. The summed E-state index contributed by atoms with van der Waals surface area (Å²) in [6, 6.07) is 5.98. The molecule has 0 heterocycles. The van der Waals surface area contributed by atoms with E-state index in [9.17, 15) is 9.59 Å². The van der Waals surface area contributed by atoms with Gasteiger partial charge in [-0.25, -0.2) is 0 Å². The maximum atomic E-state index is 11.9. The van der Waals surface area contributed by atoms with Crippen LogP contribution in [0.5, 0.6) is 5.75 Å². The molecule has 0 saturated heterocycles. The van der Waals surface area contributed by atoms with Crippen LogP contribution in [0.3, 0.4) is 0 Å². The summed E-state index contributed by atoms with van der Waals surface area (Å²) in [4.78, 5) is 22.2. The number of carboxylic acid groups (broad SMARTS) is 1. The summed E-state index contributed by atoms with van der Waals surface area (Å²) < 4.78 is 5.70. The standard InChI is InChI=1S/C19H29NO4/c1-14-9-10-16(15(12-14)19(2,3)4)24-13-17(21)20-11-7-5-6-8-18(22)23/h9-10,12H,5-8,11,13H2,1-4H3,(H,20,21)(H,22,23). The molecule has 5 heteroatoms. The Morgan fingerprint density at radius 3 is 2.50 bits per heavy atom. The van der Waals surface area contributed by atoms with Crippen molar-refractivity contribution in [2.24, 2.45) is 0 Å². The van der Waals surface area contributed by atoms with Gasteiger partial charge in [0.2, 0.25) is 0 Å². The minimum atomic E-state index is -0.778. The summed E-state index contributed by atoms with van der Waals surface area (Å²) in [6.07, 6.45) is 2.39. The number of aliphatic carboxylic acids is 1. The van der Waals surface area contributed by atoms with Crippen LogP contribution >= 0.6 is 0 Å². The van der Waals surface area contributed by atoms with Gasteiger partial charge in [-0.05, 0) is 36.8 Å². The van der Waals surface area contributed by atoms with E-state index in [0.717, 1.165) is 29.7 Å². The number of amides is 1. The van der Waals surface area contributed by atoms with Gasteiger partial charge in [0.25, 0.3) is 5.91 Å². The van der Waals surface area contributed by atoms with E-state index in [4.69, 9.17) is 9.84 Å². The Hall–Kier alpha value is -2.04. The third-order valence-electron chi connectivity index (χ3n) is 3.69. The third kappa shape index (κ3) is 7.49. The lowest BCUT2D eigenvalue weighted by atomic mass is 9.85. The number of hydrogen-bond acceptors (Lipinski definition) is 3. The first-order valence-corrected chi connectivity index (χ1v) is 8.42. The van der Waals surface area contributed by atoms with E-state index < -0.39 is 5.97 Å². The smallest absolute Gasteiger partial charge is 0.303 e. The van der Waals surface area contributed by atoms with E-state index in [-0.39, 0.29) is 24.3 Å². The SMILES string of the molecule is Cc1ccc(OCC(=O)NCCCCCC(=O)O)c(C(C)(C)C)c1. The van der Waals surface area contributed by atoms with Crippen LogP contribution < -0.4 is 10.1 Å². The second-order valence-electron chi connectivity index (χ2n) is 7.09. The van der Waals surface area contributed by atoms with Gasteiger partial charge in [-0.15, -0.1) is 0 Å². The summed E-state index contributed by atoms with van der Waals surface area (Å²) >= 11 is 0. The lowest BCUT2D eigenvalue weighted by molar-refractivity contribution is -0.137. The van der Waals surface area contributed by atoms with Gasteiger partial charge < -0.3 is 15.2 Å². The molecule has 0 radical (unpaired) electrons. The lowest BCUT2D eigenvalue weighted by Crippen LogP contribution is -2.30. The summed E-state index contributed by atoms with van der Waals surface area (Å²) in [5.41, 5.74) is 2.20. The largest absolute Gasteiger partial charge is 0.483 e. The van der Waals surface area contributed by atoms with Gasteiger partial charge in [0.15, 0.2) is 6.61 Å². The number of unbranched alkanes of at least 4 members (excludes halogenated alkanes) is 2. The first-order chi connectivity index (χ1) is 11.2. The summed E-state index contributed by atoms with van der Waals surface area (Å²) in [5, 5.41) is 11.3. The highest BCUT2D eigenvalue weighted by molar-refractivity contribution is 5.77. The van der Waals surface area contributed by atoms with Crippen LogP contribution in [0.15, 0.2) is 18.2 Å². The van der Waals surface area contributed by atoms with Gasteiger partial charge in [-0.1, -0.05) is 44.9 Å². The van der Waals surface area contributed by atoms with E-state index in [2.05, 4.69) is 32.2 Å². The van der Waals surface area contributed by atoms with Gasteiger partial charge in [0.1, 0.15) is 5.75 Å². The van der Waals surface area contributed by atoms with Crippen LogP contribution in [0.25, 0.3) is 0 Å². The molecule has 0 spiro atoms. The molecule has 0 aliphatic carbocycles. The first-order valence-electron chi connectivity index (χ1n) is 8.42. The number of carbonyl (C=O) groups excluding carboxylic acids is 1. The quantitative estimate of drug-likeness (QED) is 0.678. The number of nitrogens with one attached hydrogen (secondary N) is 1. The maximum Gasteiger partial charge on any atom is 0.303 e. The number of ether oxygens (including phenoxy) is 1. The molecule has 0 fully saturated rings. The molecule has 2 N–H and O–H groups in total. The highest BCUT2D eigenvalue weighted by Gasteiger charge is 2.19. The molecule has 0 bridgehead atoms.